The van der Waals surface area contributed by atoms with Crippen LogP contribution in [0.1, 0.15) is 37.8 Å². The average molecular weight is 523 g/mol. The smallest absolute Gasteiger partial charge is 0.265 e. The predicted octanol–water partition coefficient (Wildman–Crippen LogP) is 4.23. The second-order valence-electron chi connectivity index (χ2n) is 10.6. The molecule has 37 heavy (non-hydrogen) atoms. The van der Waals surface area contributed by atoms with E-state index < -0.39 is 5.54 Å². The molecule has 0 saturated carbocycles. The second-order valence-corrected chi connectivity index (χ2v) is 11.0. The number of fused-ring (bicyclic) bond motifs is 2. The molecule has 0 radical (unpaired) electrons. The first-order valence-electron chi connectivity index (χ1n) is 12.7. The Morgan fingerprint density at radius 2 is 1.89 bits per heavy atom. The summed E-state index contributed by atoms with van der Waals surface area (Å²) >= 11 is 6.55. The van der Waals surface area contributed by atoms with E-state index in [4.69, 9.17) is 30.8 Å². The molecule has 1 fully saturated rings. The summed E-state index contributed by atoms with van der Waals surface area (Å²) in [6.45, 7) is 7.08. The molecule has 3 aliphatic heterocycles. The average Bonchev–Trinajstić information content (AvgIpc) is 3.50. The maximum atomic E-state index is 14.0. The lowest BCUT2D eigenvalue weighted by Crippen LogP contribution is -2.44. The highest BCUT2D eigenvalue weighted by Gasteiger charge is 2.35. The molecule has 0 aliphatic carbocycles. The summed E-state index contributed by atoms with van der Waals surface area (Å²) in [5.74, 6) is 1.89. The fourth-order valence-electron chi connectivity index (χ4n) is 5.45. The van der Waals surface area contributed by atoms with Crippen molar-refractivity contribution in [1.29, 1.82) is 0 Å². The summed E-state index contributed by atoms with van der Waals surface area (Å²) in [5.41, 5.74) is 2.65. The number of anilines is 1. The van der Waals surface area contributed by atoms with E-state index in [2.05, 4.69) is 16.3 Å². The van der Waals surface area contributed by atoms with E-state index in [0.717, 1.165) is 59.6 Å². The van der Waals surface area contributed by atoms with Crippen molar-refractivity contribution in [3.8, 4) is 11.5 Å². The fourth-order valence-corrected chi connectivity index (χ4v) is 5.62. The fraction of sp³-hybridized carbons (Fsp3) is 0.429. The van der Waals surface area contributed by atoms with Crippen LogP contribution >= 0.6 is 11.6 Å². The first kappa shape index (κ1) is 24.1. The van der Waals surface area contributed by atoms with Gasteiger partial charge in [0.25, 0.3) is 5.56 Å². The molecule has 4 heterocycles. The molecular formula is C28H31ClN4O4. The van der Waals surface area contributed by atoms with Gasteiger partial charge in [-0.05, 0) is 75.7 Å². The summed E-state index contributed by atoms with van der Waals surface area (Å²) in [4.78, 5) is 21.2. The van der Waals surface area contributed by atoms with E-state index in [9.17, 15) is 4.79 Å². The molecule has 0 amide bonds. The van der Waals surface area contributed by atoms with Gasteiger partial charge in [0.1, 0.15) is 12.2 Å². The Kier molecular flexibility index (Phi) is 6.04. The summed E-state index contributed by atoms with van der Waals surface area (Å²) in [5, 5.41) is 4.98. The number of hydrogen-bond donors (Lipinski definition) is 1. The van der Waals surface area contributed by atoms with Gasteiger partial charge in [0.2, 0.25) is 12.7 Å². The minimum Gasteiger partial charge on any atom is -0.475 e. The standard InChI is InChI=1S/C28H31ClN4O4/c1-28(2)15-35-26(31-28)24-25(20-13-18(29)5-6-21(20)32(3)27(24)34)33(19-8-10-30-11-9-19)14-17-4-7-22-23(12-17)37-16-36-22/h4-7,12-13,19,30H,8-11,14-16H2,1-3H3. The highest BCUT2D eigenvalue weighted by molar-refractivity contribution is 6.31. The van der Waals surface area contributed by atoms with Crippen LogP contribution in [-0.2, 0) is 18.3 Å². The number of rotatable bonds is 5. The molecule has 0 unspecified atom stereocenters. The van der Waals surface area contributed by atoms with Crippen LogP contribution in [0.15, 0.2) is 46.2 Å². The zero-order chi connectivity index (χ0) is 25.7. The van der Waals surface area contributed by atoms with Gasteiger partial charge in [-0.2, -0.15) is 0 Å². The van der Waals surface area contributed by atoms with E-state index in [1.165, 1.54) is 0 Å². The highest BCUT2D eigenvalue weighted by Crippen LogP contribution is 2.38. The lowest BCUT2D eigenvalue weighted by atomic mass is 9.99. The first-order chi connectivity index (χ1) is 17.8. The topological polar surface area (TPSA) is 77.3 Å². The molecule has 1 N–H and O–H groups in total. The molecule has 0 atom stereocenters. The van der Waals surface area contributed by atoms with Crippen LogP contribution in [0.5, 0.6) is 11.5 Å². The van der Waals surface area contributed by atoms with E-state index in [-0.39, 0.29) is 18.4 Å². The second kappa shape index (κ2) is 9.26. The van der Waals surface area contributed by atoms with E-state index in [0.29, 0.717) is 29.6 Å². The molecule has 8 nitrogen and oxygen atoms in total. The third-order valence-corrected chi connectivity index (χ3v) is 7.57. The lowest BCUT2D eigenvalue weighted by molar-refractivity contribution is 0.174. The van der Waals surface area contributed by atoms with E-state index in [1.54, 1.807) is 11.6 Å². The van der Waals surface area contributed by atoms with Crippen molar-refractivity contribution < 1.29 is 14.2 Å². The number of ether oxygens (including phenoxy) is 3. The first-order valence-corrected chi connectivity index (χ1v) is 13.1. The number of pyridine rings is 1. The molecule has 0 spiro atoms. The number of benzene rings is 2. The van der Waals surface area contributed by atoms with Crippen LogP contribution in [-0.4, -0.2) is 48.5 Å². The van der Waals surface area contributed by atoms with Crippen LogP contribution in [0.3, 0.4) is 0 Å². The minimum atomic E-state index is -0.405. The summed E-state index contributed by atoms with van der Waals surface area (Å²) in [7, 11) is 1.79. The number of aromatic nitrogens is 1. The molecule has 3 aromatic rings. The predicted molar refractivity (Wildman–Crippen MR) is 145 cm³/mol. The molecule has 6 rings (SSSR count). The van der Waals surface area contributed by atoms with Crippen molar-refractivity contribution in [2.75, 3.05) is 31.4 Å². The Bertz CT molecular complexity index is 1460. The van der Waals surface area contributed by atoms with Crippen LogP contribution in [0.2, 0.25) is 5.02 Å². The maximum Gasteiger partial charge on any atom is 0.265 e. The van der Waals surface area contributed by atoms with Gasteiger partial charge < -0.3 is 29.0 Å². The summed E-state index contributed by atoms with van der Waals surface area (Å²) in [6.07, 6.45) is 1.89. The molecule has 1 aromatic heterocycles. The Balaban J connectivity index is 1.60. The van der Waals surface area contributed by atoms with Gasteiger partial charge in [-0.25, -0.2) is 4.99 Å². The molecule has 2 aromatic carbocycles. The van der Waals surface area contributed by atoms with Gasteiger partial charge in [0.05, 0.1) is 16.7 Å². The molecular weight excluding hydrogens is 492 g/mol. The molecule has 194 valence electrons. The Labute approximate surface area is 220 Å². The molecule has 3 aliphatic rings. The van der Waals surface area contributed by atoms with E-state index >= 15 is 0 Å². The van der Waals surface area contributed by atoms with Gasteiger partial charge in [0, 0.05) is 30.0 Å². The quantitative estimate of drug-likeness (QED) is 0.540. The normalized spacial score (nSPS) is 18.6. The molecule has 1 saturated heterocycles. The van der Waals surface area contributed by atoms with Crippen molar-refractivity contribution in [3.05, 3.63) is 62.9 Å². The summed E-state index contributed by atoms with van der Waals surface area (Å²) in [6, 6.07) is 11.9. The summed E-state index contributed by atoms with van der Waals surface area (Å²) < 4.78 is 18.9. The van der Waals surface area contributed by atoms with Gasteiger partial charge in [-0.1, -0.05) is 17.7 Å². The third kappa shape index (κ3) is 4.42. The number of piperidine rings is 1. The van der Waals surface area contributed by atoms with Crippen molar-refractivity contribution in [3.63, 3.8) is 0 Å². The minimum absolute atomic E-state index is 0.133. The van der Waals surface area contributed by atoms with Crippen molar-refractivity contribution in [1.82, 2.24) is 9.88 Å². The largest absolute Gasteiger partial charge is 0.475 e. The van der Waals surface area contributed by atoms with Crippen molar-refractivity contribution >= 4 is 34.1 Å². The van der Waals surface area contributed by atoms with Crippen LogP contribution in [0, 0.1) is 0 Å². The monoisotopic (exact) mass is 522 g/mol. The number of aliphatic imine (C=N–C) groups is 1. The van der Waals surface area contributed by atoms with Gasteiger partial charge >= 0.3 is 0 Å². The number of nitrogens with one attached hydrogen (secondary N) is 1. The molecule has 0 bridgehead atoms. The Morgan fingerprint density at radius 1 is 1.11 bits per heavy atom. The number of nitrogens with zero attached hydrogens (tertiary/aromatic N) is 3. The number of aryl methyl sites for hydroxylation is 1. The zero-order valence-corrected chi connectivity index (χ0v) is 22.1. The Morgan fingerprint density at radius 3 is 2.65 bits per heavy atom. The van der Waals surface area contributed by atoms with Gasteiger partial charge in [-0.15, -0.1) is 0 Å². The van der Waals surface area contributed by atoms with Crippen LogP contribution < -0.4 is 25.2 Å². The number of halogens is 1. The number of hydrogen-bond acceptors (Lipinski definition) is 7. The third-order valence-electron chi connectivity index (χ3n) is 7.34. The van der Waals surface area contributed by atoms with E-state index in [1.807, 2.05) is 44.2 Å². The zero-order valence-electron chi connectivity index (χ0n) is 21.3. The molecule has 9 heteroatoms. The Hall–Kier alpha value is -3.23. The SMILES string of the molecule is Cn1c(=O)c(C2=NC(C)(C)CO2)c(N(Cc2ccc3c(c2)OCO3)C2CCNCC2)c2cc(Cl)ccc21. The van der Waals surface area contributed by atoms with Gasteiger partial charge in [0.15, 0.2) is 11.5 Å². The maximum absolute atomic E-state index is 14.0. The van der Waals surface area contributed by atoms with Crippen LogP contribution in [0.4, 0.5) is 5.69 Å². The van der Waals surface area contributed by atoms with Crippen LogP contribution in [0.25, 0.3) is 10.9 Å². The van der Waals surface area contributed by atoms with Crippen molar-refractivity contribution in [2.45, 2.75) is 44.8 Å². The van der Waals surface area contributed by atoms with Crippen molar-refractivity contribution in [2.24, 2.45) is 12.0 Å². The lowest BCUT2D eigenvalue weighted by Gasteiger charge is -2.38. The highest BCUT2D eigenvalue weighted by atomic mass is 35.5. The van der Waals surface area contributed by atoms with Gasteiger partial charge in [-0.3, -0.25) is 4.79 Å².